The number of nitrogens with zero attached hydrogens (tertiary/aromatic N) is 1. The molecule has 0 aliphatic rings. The van der Waals surface area contributed by atoms with E-state index >= 15 is 0 Å². The molecule has 7 heteroatoms. The highest BCUT2D eigenvalue weighted by Gasteiger charge is 2.23. The fraction of sp³-hybridized carbons (Fsp3) is 0.160. The monoisotopic (exact) mass is 466 g/mol. The summed E-state index contributed by atoms with van der Waals surface area (Å²) in [5.41, 5.74) is 1.95. The second-order valence-electron chi connectivity index (χ2n) is 8.65. The van der Waals surface area contributed by atoms with Crippen LogP contribution in [-0.2, 0) is 15.4 Å². The van der Waals surface area contributed by atoms with Gasteiger partial charge in [-0.3, -0.25) is 4.72 Å². The molecule has 32 heavy (non-hydrogen) atoms. The minimum Gasteiger partial charge on any atom is -0.618 e. The molecule has 0 aliphatic carbocycles. The zero-order valence-corrected chi connectivity index (χ0v) is 19.5. The number of sulfonamides is 1. The Morgan fingerprint density at radius 1 is 0.938 bits per heavy atom. The van der Waals surface area contributed by atoms with Crippen molar-refractivity contribution in [3.8, 4) is 11.3 Å². The molecular formula is C25H23ClN2O3S. The Labute approximate surface area is 192 Å². The lowest BCUT2D eigenvalue weighted by molar-refractivity contribution is -0.592. The van der Waals surface area contributed by atoms with Gasteiger partial charge >= 0.3 is 0 Å². The zero-order chi connectivity index (χ0) is 23.1. The maximum atomic E-state index is 13.2. The molecule has 4 aromatic rings. The van der Waals surface area contributed by atoms with Gasteiger partial charge in [-0.2, -0.15) is 4.73 Å². The van der Waals surface area contributed by atoms with E-state index < -0.39 is 10.0 Å². The summed E-state index contributed by atoms with van der Waals surface area (Å²) < 4.78 is 29.7. The summed E-state index contributed by atoms with van der Waals surface area (Å²) in [7, 11) is -3.89. The van der Waals surface area contributed by atoms with E-state index in [0.29, 0.717) is 21.7 Å². The van der Waals surface area contributed by atoms with Crippen LogP contribution in [0.2, 0.25) is 5.02 Å². The first-order valence-corrected chi connectivity index (χ1v) is 12.0. The third-order valence-electron chi connectivity index (χ3n) is 5.34. The van der Waals surface area contributed by atoms with Crippen molar-refractivity contribution in [2.24, 2.45) is 0 Å². The minimum absolute atomic E-state index is 0.0881. The lowest BCUT2D eigenvalue weighted by atomic mass is 9.87. The van der Waals surface area contributed by atoms with Gasteiger partial charge in [0.2, 0.25) is 5.69 Å². The highest BCUT2D eigenvalue weighted by atomic mass is 35.5. The third kappa shape index (κ3) is 4.29. The van der Waals surface area contributed by atoms with E-state index in [1.54, 1.807) is 36.4 Å². The topological polar surface area (TPSA) is 73.1 Å². The first kappa shape index (κ1) is 22.1. The normalized spacial score (nSPS) is 12.1. The smallest absolute Gasteiger partial charge is 0.261 e. The number of rotatable bonds is 4. The number of aromatic nitrogens is 1. The lowest BCUT2D eigenvalue weighted by Crippen LogP contribution is -2.29. The number of anilines is 1. The van der Waals surface area contributed by atoms with Gasteiger partial charge in [-0.1, -0.05) is 62.7 Å². The van der Waals surface area contributed by atoms with Gasteiger partial charge in [0.1, 0.15) is 0 Å². The van der Waals surface area contributed by atoms with Gasteiger partial charge in [-0.15, -0.1) is 0 Å². The molecule has 1 aromatic heterocycles. The number of fused-ring (bicyclic) bond motifs is 1. The maximum Gasteiger partial charge on any atom is 0.261 e. The van der Waals surface area contributed by atoms with Crippen LogP contribution in [0.15, 0.2) is 83.9 Å². The molecule has 0 aliphatic heterocycles. The van der Waals surface area contributed by atoms with Crippen molar-refractivity contribution in [2.75, 3.05) is 4.72 Å². The Morgan fingerprint density at radius 3 is 2.31 bits per heavy atom. The van der Waals surface area contributed by atoms with Gasteiger partial charge < -0.3 is 5.21 Å². The van der Waals surface area contributed by atoms with Gasteiger partial charge in [0.15, 0.2) is 6.20 Å². The van der Waals surface area contributed by atoms with Crippen LogP contribution >= 0.6 is 11.6 Å². The van der Waals surface area contributed by atoms with Crippen LogP contribution in [0.25, 0.3) is 22.0 Å². The number of pyridine rings is 1. The van der Waals surface area contributed by atoms with Gasteiger partial charge in [-0.05, 0) is 52.8 Å². The standard InChI is InChI=1S/C25H23ClN2O3S/c1-25(2,3)18-8-11-20(12-9-18)32(30,31)27-23-13-10-19(26)16-22(23)24-21-7-5-4-6-17(21)14-15-28(24)29/h4-16,27H,1-3H3. The van der Waals surface area contributed by atoms with Gasteiger partial charge in [-0.25, -0.2) is 8.42 Å². The van der Waals surface area contributed by atoms with Crippen LogP contribution in [0, 0.1) is 5.21 Å². The summed E-state index contributed by atoms with van der Waals surface area (Å²) in [6.45, 7) is 6.20. The van der Waals surface area contributed by atoms with E-state index in [2.05, 4.69) is 25.5 Å². The number of nitrogens with one attached hydrogen (secondary N) is 1. The molecule has 0 fully saturated rings. The summed E-state index contributed by atoms with van der Waals surface area (Å²) in [4.78, 5) is 0.138. The van der Waals surface area contributed by atoms with E-state index in [1.165, 1.54) is 6.20 Å². The molecule has 3 aromatic carbocycles. The van der Waals surface area contributed by atoms with Crippen molar-refractivity contribution in [2.45, 2.75) is 31.1 Å². The zero-order valence-electron chi connectivity index (χ0n) is 18.0. The van der Waals surface area contributed by atoms with E-state index in [4.69, 9.17) is 11.6 Å². The van der Waals surface area contributed by atoms with Crippen LogP contribution < -0.4 is 9.45 Å². The Kier molecular flexibility index (Phi) is 5.61. The quantitative estimate of drug-likeness (QED) is 0.301. The van der Waals surface area contributed by atoms with E-state index in [-0.39, 0.29) is 16.0 Å². The second-order valence-corrected chi connectivity index (χ2v) is 10.8. The van der Waals surface area contributed by atoms with Crippen molar-refractivity contribution in [1.82, 2.24) is 0 Å². The van der Waals surface area contributed by atoms with Crippen molar-refractivity contribution in [3.63, 3.8) is 0 Å². The average Bonchev–Trinajstić information content (AvgIpc) is 2.74. The van der Waals surface area contributed by atoms with E-state index in [1.807, 2.05) is 36.4 Å². The lowest BCUT2D eigenvalue weighted by Gasteiger charge is -2.19. The number of benzene rings is 3. The molecule has 164 valence electrons. The predicted molar refractivity (Wildman–Crippen MR) is 129 cm³/mol. The van der Waals surface area contributed by atoms with Gasteiger partial charge in [0.05, 0.1) is 21.5 Å². The Balaban J connectivity index is 1.82. The van der Waals surface area contributed by atoms with Crippen molar-refractivity contribution in [1.29, 1.82) is 0 Å². The summed E-state index contributed by atoms with van der Waals surface area (Å²) in [6.07, 6.45) is 1.40. The molecule has 0 spiro atoms. The SMILES string of the molecule is CC(C)(C)c1ccc(S(=O)(=O)Nc2ccc(Cl)cc2-c2c3ccccc3cc[n+]2[O-])cc1. The molecule has 0 saturated heterocycles. The van der Waals surface area contributed by atoms with Crippen LogP contribution in [0.3, 0.4) is 0 Å². The predicted octanol–water partition coefficient (Wildman–Crippen LogP) is 5.89. The van der Waals surface area contributed by atoms with E-state index in [9.17, 15) is 13.6 Å². The number of hydrogen-bond donors (Lipinski definition) is 1. The molecular weight excluding hydrogens is 444 g/mol. The molecule has 0 atom stereocenters. The third-order valence-corrected chi connectivity index (χ3v) is 6.95. The van der Waals surface area contributed by atoms with Crippen molar-refractivity contribution < 1.29 is 13.1 Å². The first-order valence-electron chi connectivity index (χ1n) is 10.1. The summed E-state index contributed by atoms with van der Waals surface area (Å²) in [5.74, 6) is 0. The molecule has 0 amide bonds. The van der Waals surface area contributed by atoms with Gasteiger partial charge in [0, 0.05) is 11.1 Å². The Hall–Kier alpha value is -3.09. The molecule has 5 nitrogen and oxygen atoms in total. The highest BCUT2D eigenvalue weighted by molar-refractivity contribution is 7.92. The first-order chi connectivity index (χ1) is 15.1. The van der Waals surface area contributed by atoms with Crippen LogP contribution in [0.4, 0.5) is 5.69 Å². The molecule has 1 N–H and O–H groups in total. The maximum absolute atomic E-state index is 13.2. The summed E-state index contributed by atoms with van der Waals surface area (Å²) >= 11 is 6.23. The molecule has 0 saturated carbocycles. The fourth-order valence-corrected chi connectivity index (χ4v) is 4.85. The van der Waals surface area contributed by atoms with Crippen LogP contribution in [0.1, 0.15) is 26.3 Å². The minimum atomic E-state index is -3.89. The van der Waals surface area contributed by atoms with Gasteiger partial charge in [0.25, 0.3) is 10.0 Å². The Morgan fingerprint density at radius 2 is 1.62 bits per heavy atom. The summed E-state index contributed by atoms with van der Waals surface area (Å²) in [6, 6.07) is 20.7. The number of halogens is 1. The summed E-state index contributed by atoms with van der Waals surface area (Å²) in [5, 5.41) is 14.7. The molecule has 0 unspecified atom stereocenters. The average molecular weight is 467 g/mol. The van der Waals surface area contributed by atoms with E-state index in [0.717, 1.165) is 15.7 Å². The van der Waals surface area contributed by atoms with Crippen molar-refractivity contribution in [3.05, 3.63) is 94.8 Å². The van der Waals surface area contributed by atoms with Crippen LogP contribution in [-0.4, -0.2) is 8.42 Å². The van der Waals surface area contributed by atoms with Crippen LogP contribution in [0.5, 0.6) is 0 Å². The van der Waals surface area contributed by atoms with Crippen molar-refractivity contribution >= 4 is 38.1 Å². The second kappa shape index (κ2) is 8.11. The largest absolute Gasteiger partial charge is 0.618 e. The molecule has 1 heterocycles. The highest BCUT2D eigenvalue weighted by Crippen LogP contribution is 2.34. The molecule has 0 radical (unpaired) electrons. The fourth-order valence-electron chi connectivity index (χ4n) is 3.60. The molecule has 4 rings (SSSR count). The Bertz CT molecular complexity index is 1410. The number of hydrogen-bond acceptors (Lipinski definition) is 3. The molecule has 0 bridgehead atoms.